The van der Waals surface area contributed by atoms with Crippen LogP contribution >= 0.6 is 12.6 Å². The van der Waals surface area contributed by atoms with Gasteiger partial charge in [-0.25, -0.2) is 9.78 Å². The molecule has 10 N–H and O–H groups in total. The molecule has 1 aromatic carbocycles. The van der Waals surface area contributed by atoms with Gasteiger partial charge in [0.1, 0.15) is 23.9 Å². The smallest absolute Gasteiger partial charge is 0.326 e. The summed E-state index contributed by atoms with van der Waals surface area (Å²) in [6, 6.07) is 1.27. The molecular formula is C23H31N7O7S. The van der Waals surface area contributed by atoms with Gasteiger partial charge in [-0.05, 0) is 30.5 Å². The lowest BCUT2D eigenvalue weighted by Gasteiger charge is -2.24. The molecule has 4 atom stereocenters. The lowest BCUT2D eigenvalue weighted by Crippen LogP contribution is -2.58. The maximum atomic E-state index is 13.0. The van der Waals surface area contributed by atoms with Gasteiger partial charge < -0.3 is 42.6 Å². The van der Waals surface area contributed by atoms with E-state index in [0.717, 1.165) is 0 Å². The summed E-state index contributed by atoms with van der Waals surface area (Å²) >= 11 is 4.12. The third-order valence-electron chi connectivity index (χ3n) is 5.45. The van der Waals surface area contributed by atoms with Crippen molar-refractivity contribution < 1.29 is 34.2 Å². The lowest BCUT2D eigenvalue weighted by atomic mass is 10.1. The number of carbonyl (C=O) groups is 5. The number of amides is 4. The molecule has 38 heavy (non-hydrogen) atoms. The number of carboxylic acids is 1. The third kappa shape index (κ3) is 9.74. The number of primary amides is 1. The van der Waals surface area contributed by atoms with E-state index in [4.69, 9.17) is 11.5 Å². The van der Waals surface area contributed by atoms with Crippen molar-refractivity contribution in [2.24, 2.45) is 11.5 Å². The van der Waals surface area contributed by atoms with Crippen LogP contribution in [0.1, 0.15) is 24.1 Å². The average Bonchev–Trinajstić information content (AvgIpc) is 3.38. The molecule has 4 unspecified atom stereocenters. The van der Waals surface area contributed by atoms with Crippen molar-refractivity contribution in [3.63, 3.8) is 0 Å². The van der Waals surface area contributed by atoms with E-state index in [0.29, 0.717) is 11.3 Å². The quantitative estimate of drug-likeness (QED) is 0.111. The summed E-state index contributed by atoms with van der Waals surface area (Å²) in [5, 5.41) is 26.1. The van der Waals surface area contributed by atoms with Crippen LogP contribution in [-0.4, -0.2) is 79.7 Å². The minimum absolute atomic E-state index is 0.0647. The number of H-pyrrole nitrogens is 1. The normalized spacial score (nSPS) is 13.9. The number of aromatic amines is 1. The molecule has 0 aliphatic heterocycles. The summed E-state index contributed by atoms with van der Waals surface area (Å²) in [6.45, 7) is 0. The van der Waals surface area contributed by atoms with Gasteiger partial charge in [0.2, 0.25) is 23.6 Å². The maximum Gasteiger partial charge on any atom is 0.326 e. The molecular weight excluding hydrogens is 518 g/mol. The van der Waals surface area contributed by atoms with Crippen LogP contribution in [0.3, 0.4) is 0 Å². The molecule has 0 saturated heterocycles. The largest absolute Gasteiger partial charge is 0.508 e. The number of aromatic hydroxyl groups is 1. The van der Waals surface area contributed by atoms with Crippen LogP contribution in [0.25, 0.3) is 0 Å². The first-order valence-electron chi connectivity index (χ1n) is 11.5. The molecule has 0 aliphatic rings. The van der Waals surface area contributed by atoms with E-state index in [1.807, 2.05) is 0 Å². The Labute approximate surface area is 223 Å². The molecule has 0 aliphatic carbocycles. The summed E-state index contributed by atoms with van der Waals surface area (Å²) in [5.41, 5.74) is 12.2. The van der Waals surface area contributed by atoms with E-state index >= 15 is 0 Å². The molecule has 14 nitrogen and oxygen atoms in total. The summed E-state index contributed by atoms with van der Waals surface area (Å²) < 4.78 is 0. The molecule has 206 valence electrons. The number of thiol groups is 1. The molecule has 2 aromatic rings. The highest BCUT2D eigenvalue weighted by Gasteiger charge is 2.30. The Morgan fingerprint density at radius 2 is 1.55 bits per heavy atom. The van der Waals surface area contributed by atoms with Crippen LogP contribution in [0.2, 0.25) is 0 Å². The van der Waals surface area contributed by atoms with E-state index < -0.39 is 53.8 Å². The topological polar surface area (TPSA) is 243 Å². The van der Waals surface area contributed by atoms with Gasteiger partial charge in [0.05, 0.1) is 12.4 Å². The summed E-state index contributed by atoms with van der Waals surface area (Å²) in [6.07, 6.45) is 2.34. The fourth-order valence-corrected chi connectivity index (χ4v) is 3.62. The number of aliphatic carboxylic acids is 1. The number of phenols is 1. The Kier molecular flexibility index (Phi) is 11.6. The van der Waals surface area contributed by atoms with Crippen LogP contribution in [0, 0.1) is 0 Å². The number of imidazole rings is 1. The van der Waals surface area contributed by atoms with Crippen molar-refractivity contribution in [1.82, 2.24) is 25.9 Å². The maximum absolute atomic E-state index is 13.0. The number of carbonyl (C=O) groups excluding carboxylic acids is 4. The Morgan fingerprint density at radius 3 is 2.11 bits per heavy atom. The highest BCUT2D eigenvalue weighted by Crippen LogP contribution is 2.11. The number of hydrogen-bond acceptors (Lipinski definition) is 9. The Balaban J connectivity index is 2.08. The number of phenolic OH excluding ortho intramolecular Hbond substituents is 1. The number of nitrogens with zero attached hydrogens (tertiary/aromatic N) is 1. The molecule has 0 radical (unpaired) electrons. The van der Waals surface area contributed by atoms with Gasteiger partial charge in [-0.2, -0.15) is 12.6 Å². The SMILES string of the molecule is NC(=O)CCC(NC(=O)C(Cc1cnc[nH]1)NC(=O)C(CS)NC(=O)C(N)Cc1ccc(O)cc1)C(=O)O. The number of carboxylic acid groups (broad SMARTS) is 1. The summed E-state index contributed by atoms with van der Waals surface area (Å²) in [7, 11) is 0. The van der Waals surface area contributed by atoms with E-state index in [1.54, 1.807) is 12.1 Å². The van der Waals surface area contributed by atoms with Gasteiger partial charge in [-0.3, -0.25) is 19.2 Å². The highest BCUT2D eigenvalue weighted by atomic mass is 32.1. The van der Waals surface area contributed by atoms with Gasteiger partial charge in [-0.1, -0.05) is 12.1 Å². The van der Waals surface area contributed by atoms with Crippen LogP contribution < -0.4 is 27.4 Å². The predicted octanol–water partition coefficient (Wildman–Crippen LogP) is -2.04. The molecule has 15 heteroatoms. The Morgan fingerprint density at radius 1 is 0.947 bits per heavy atom. The number of nitrogens with two attached hydrogens (primary N) is 2. The van der Waals surface area contributed by atoms with Crippen molar-refractivity contribution in [3.8, 4) is 5.75 Å². The Bertz CT molecular complexity index is 1110. The van der Waals surface area contributed by atoms with Gasteiger partial charge in [-0.15, -0.1) is 0 Å². The second-order valence-electron chi connectivity index (χ2n) is 8.47. The monoisotopic (exact) mass is 549 g/mol. The van der Waals surface area contributed by atoms with Gasteiger partial charge in [0, 0.05) is 30.5 Å². The number of hydrogen-bond donors (Lipinski definition) is 9. The molecule has 0 fully saturated rings. The second kappa shape index (κ2) is 14.6. The van der Waals surface area contributed by atoms with Crippen LogP contribution in [-0.2, 0) is 36.8 Å². The minimum atomic E-state index is -1.42. The van der Waals surface area contributed by atoms with Gasteiger partial charge in [0.15, 0.2) is 0 Å². The fraction of sp³-hybridized carbons (Fsp3) is 0.391. The summed E-state index contributed by atoms with van der Waals surface area (Å²) in [5.74, 6) is -4.41. The van der Waals surface area contributed by atoms with E-state index in [-0.39, 0.29) is 37.2 Å². The first kappa shape index (κ1) is 30.1. The lowest BCUT2D eigenvalue weighted by molar-refractivity contribution is -0.142. The van der Waals surface area contributed by atoms with Crippen LogP contribution in [0.4, 0.5) is 0 Å². The molecule has 0 bridgehead atoms. The van der Waals surface area contributed by atoms with Crippen molar-refractivity contribution in [1.29, 1.82) is 0 Å². The average molecular weight is 550 g/mol. The van der Waals surface area contributed by atoms with E-state index in [2.05, 4.69) is 38.5 Å². The van der Waals surface area contributed by atoms with Crippen molar-refractivity contribution in [3.05, 3.63) is 48.0 Å². The van der Waals surface area contributed by atoms with E-state index in [9.17, 15) is 34.2 Å². The zero-order chi connectivity index (χ0) is 28.2. The van der Waals surface area contributed by atoms with Gasteiger partial charge >= 0.3 is 5.97 Å². The number of aromatic nitrogens is 2. The second-order valence-corrected chi connectivity index (χ2v) is 8.83. The van der Waals surface area contributed by atoms with Crippen LogP contribution in [0.15, 0.2) is 36.8 Å². The highest BCUT2D eigenvalue weighted by molar-refractivity contribution is 7.80. The first-order chi connectivity index (χ1) is 18.0. The predicted molar refractivity (Wildman–Crippen MR) is 138 cm³/mol. The van der Waals surface area contributed by atoms with Crippen LogP contribution in [0.5, 0.6) is 5.75 Å². The number of nitrogens with one attached hydrogen (secondary N) is 4. The van der Waals surface area contributed by atoms with E-state index in [1.165, 1.54) is 24.7 Å². The van der Waals surface area contributed by atoms with Crippen molar-refractivity contribution in [2.75, 3.05) is 5.75 Å². The third-order valence-corrected chi connectivity index (χ3v) is 5.82. The fourth-order valence-electron chi connectivity index (χ4n) is 3.37. The summed E-state index contributed by atoms with van der Waals surface area (Å²) in [4.78, 5) is 67.8. The zero-order valence-electron chi connectivity index (χ0n) is 20.3. The molecule has 1 heterocycles. The Hall–Kier alpha value is -4.11. The van der Waals surface area contributed by atoms with Gasteiger partial charge in [0.25, 0.3) is 0 Å². The van der Waals surface area contributed by atoms with Crippen molar-refractivity contribution >= 4 is 42.2 Å². The van der Waals surface area contributed by atoms with Crippen molar-refractivity contribution in [2.45, 2.75) is 49.9 Å². The number of rotatable bonds is 15. The molecule has 4 amide bonds. The molecule has 1 aromatic heterocycles. The number of benzene rings is 1. The zero-order valence-corrected chi connectivity index (χ0v) is 21.2. The minimum Gasteiger partial charge on any atom is -0.508 e. The first-order valence-corrected chi connectivity index (χ1v) is 12.2. The standard InChI is InChI=1S/C23H31N7O7S/c24-15(7-12-1-3-14(31)4-2-12)20(33)30-18(10-38)22(35)29-17(8-13-9-26-11-27-13)21(34)28-16(23(36)37)5-6-19(25)32/h1-4,9,11,15-18,31,38H,5-8,10,24H2,(H2,25,32)(H,26,27)(H,28,34)(H,29,35)(H,30,33)(H,36,37). The molecule has 2 rings (SSSR count). The molecule has 0 spiro atoms. The molecule has 0 saturated carbocycles.